The van der Waals surface area contributed by atoms with E-state index in [-0.39, 0.29) is 0 Å². The summed E-state index contributed by atoms with van der Waals surface area (Å²) in [7, 11) is 0. The first-order valence-electron chi connectivity index (χ1n) is 12.9. The molecule has 0 spiro atoms. The molecular formula is C31H31N3O3S. The van der Waals surface area contributed by atoms with Crippen LogP contribution in [0.1, 0.15) is 52.9 Å². The third-order valence-electron chi connectivity index (χ3n) is 7.12. The lowest BCUT2D eigenvalue weighted by Crippen LogP contribution is -2.55. The number of thiophene rings is 1. The summed E-state index contributed by atoms with van der Waals surface area (Å²) in [6, 6.07) is 26.1. The number of hydrazine groups is 1. The molecule has 0 radical (unpaired) electrons. The van der Waals surface area contributed by atoms with Gasteiger partial charge in [0.1, 0.15) is 0 Å². The van der Waals surface area contributed by atoms with Crippen LogP contribution < -0.4 is 10.7 Å². The fraction of sp³-hybridized carbons (Fsp3) is 0.226. The maximum Gasteiger partial charge on any atom is 0.341 e. The number of nitrogens with one attached hydrogen (secondary N) is 2. The van der Waals surface area contributed by atoms with E-state index in [1.165, 1.54) is 15.4 Å². The van der Waals surface area contributed by atoms with Crippen LogP contribution in [0.15, 0.2) is 96.4 Å². The van der Waals surface area contributed by atoms with E-state index in [0.29, 0.717) is 11.1 Å². The lowest BCUT2D eigenvalue weighted by atomic mass is 9.85. The van der Waals surface area contributed by atoms with Crippen molar-refractivity contribution in [1.29, 1.82) is 0 Å². The van der Waals surface area contributed by atoms with Gasteiger partial charge in [-0.25, -0.2) is 9.80 Å². The van der Waals surface area contributed by atoms with Crippen LogP contribution in [0.3, 0.4) is 0 Å². The highest BCUT2D eigenvalue weighted by atomic mass is 32.1. The van der Waals surface area contributed by atoms with E-state index in [4.69, 9.17) is 0 Å². The minimum Gasteiger partial charge on any atom is -0.372 e. The smallest absolute Gasteiger partial charge is 0.341 e. The van der Waals surface area contributed by atoms with E-state index >= 15 is 0 Å². The fourth-order valence-corrected chi connectivity index (χ4v) is 6.03. The van der Waals surface area contributed by atoms with Gasteiger partial charge in [0.25, 0.3) is 5.91 Å². The molecule has 5 rings (SSSR count). The van der Waals surface area contributed by atoms with Crippen molar-refractivity contribution in [3.8, 4) is 0 Å². The molecule has 0 fully saturated rings. The highest BCUT2D eigenvalue weighted by Gasteiger charge is 2.42. The molecule has 0 aliphatic heterocycles. The predicted molar refractivity (Wildman–Crippen MR) is 151 cm³/mol. The largest absolute Gasteiger partial charge is 0.372 e. The Hall–Kier alpha value is -3.94. The maximum atomic E-state index is 14.0. The number of anilines is 1. The number of rotatable bonds is 6. The molecular weight excluding hydrogens is 494 g/mol. The average Bonchev–Trinajstić information content (AvgIpc) is 3.38. The van der Waals surface area contributed by atoms with Crippen LogP contribution in [0.5, 0.6) is 0 Å². The van der Waals surface area contributed by atoms with Gasteiger partial charge >= 0.3 is 6.03 Å². The number of hydrogen-bond acceptors (Lipinski definition) is 4. The van der Waals surface area contributed by atoms with Crippen molar-refractivity contribution in [2.45, 2.75) is 44.2 Å². The van der Waals surface area contributed by atoms with Gasteiger partial charge in [-0.1, -0.05) is 91.0 Å². The molecule has 1 aliphatic rings. The summed E-state index contributed by atoms with van der Waals surface area (Å²) >= 11 is 1.66. The molecule has 1 heterocycles. The summed E-state index contributed by atoms with van der Waals surface area (Å²) in [5, 5.41) is 18.2. The molecule has 1 aromatic heterocycles. The normalized spacial score (nSPS) is 13.7. The molecule has 3 amide bonds. The first-order valence-corrected chi connectivity index (χ1v) is 13.8. The predicted octanol–water partition coefficient (Wildman–Crippen LogP) is 6.19. The molecule has 1 aliphatic carbocycles. The Balaban J connectivity index is 1.49. The molecule has 6 nitrogen and oxygen atoms in total. The molecule has 38 heavy (non-hydrogen) atoms. The van der Waals surface area contributed by atoms with E-state index in [2.05, 4.69) is 10.7 Å². The number of benzene rings is 3. The summed E-state index contributed by atoms with van der Waals surface area (Å²) in [4.78, 5) is 29.0. The van der Waals surface area contributed by atoms with Gasteiger partial charge in [0.05, 0.1) is 11.7 Å². The van der Waals surface area contributed by atoms with Gasteiger partial charge in [0, 0.05) is 10.3 Å². The molecule has 3 aromatic carbocycles. The quantitative estimate of drug-likeness (QED) is 0.263. The summed E-state index contributed by atoms with van der Waals surface area (Å²) < 4.78 is 0. The number of carbonyl (C=O) groups is 2. The molecule has 0 unspecified atom stereocenters. The molecule has 0 saturated heterocycles. The van der Waals surface area contributed by atoms with Crippen molar-refractivity contribution in [3.05, 3.63) is 124 Å². The number of amides is 3. The van der Waals surface area contributed by atoms with Crippen LogP contribution in [0.4, 0.5) is 10.5 Å². The van der Waals surface area contributed by atoms with Crippen molar-refractivity contribution in [2.75, 3.05) is 5.32 Å². The first kappa shape index (κ1) is 25.7. The van der Waals surface area contributed by atoms with Crippen molar-refractivity contribution < 1.29 is 14.7 Å². The summed E-state index contributed by atoms with van der Waals surface area (Å²) in [6.07, 6.45) is 4.20. The number of aryl methyl sites for hydroxylation is 1. The van der Waals surface area contributed by atoms with E-state index in [9.17, 15) is 14.7 Å². The van der Waals surface area contributed by atoms with Crippen molar-refractivity contribution in [2.24, 2.45) is 0 Å². The van der Waals surface area contributed by atoms with Crippen molar-refractivity contribution in [3.63, 3.8) is 0 Å². The maximum absolute atomic E-state index is 14.0. The molecule has 7 heteroatoms. The number of fused-ring (bicyclic) bond motifs is 1. The average molecular weight is 526 g/mol. The number of aliphatic hydroxyl groups is 1. The van der Waals surface area contributed by atoms with E-state index in [1.807, 2.05) is 54.8 Å². The molecule has 1 atom stereocenters. The third-order valence-corrected chi connectivity index (χ3v) is 8.21. The zero-order valence-electron chi connectivity index (χ0n) is 21.3. The topological polar surface area (TPSA) is 81.7 Å². The Bertz CT molecular complexity index is 1350. The lowest BCUT2D eigenvalue weighted by molar-refractivity contribution is -0.141. The van der Waals surface area contributed by atoms with Crippen molar-refractivity contribution >= 4 is 29.0 Å². The molecule has 3 N–H and O–H groups in total. The summed E-state index contributed by atoms with van der Waals surface area (Å²) in [5.74, 6) is -0.722. The Kier molecular flexibility index (Phi) is 7.58. The molecule has 4 aromatic rings. The second kappa shape index (κ2) is 11.2. The monoisotopic (exact) mass is 525 g/mol. The molecule has 194 valence electrons. The van der Waals surface area contributed by atoms with Crippen LogP contribution in [0, 0.1) is 0 Å². The Labute approximate surface area is 226 Å². The van der Waals surface area contributed by atoms with Gasteiger partial charge in [0.15, 0.2) is 5.60 Å². The minimum absolute atomic E-state index is 0.406. The lowest BCUT2D eigenvalue weighted by Gasteiger charge is -2.34. The van der Waals surface area contributed by atoms with Crippen LogP contribution >= 0.6 is 11.3 Å². The number of hydrogen-bond donors (Lipinski definition) is 3. The number of nitrogens with zero attached hydrogens (tertiary/aromatic N) is 1. The molecule has 0 saturated carbocycles. The van der Waals surface area contributed by atoms with Crippen LogP contribution in [0.25, 0.3) is 0 Å². The highest BCUT2D eigenvalue weighted by Crippen LogP contribution is 2.35. The van der Waals surface area contributed by atoms with E-state index in [1.54, 1.807) is 59.9 Å². The minimum atomic E-state index is -2.01. The Morgan fingerprint density at radius 1 is 0.868 bits per heavy atom. The Morgan fingerprint density at radius 3 is 2.03 bits per heavy atom. The third kappa shape index (κ3) is 5.08. The molecule has 0 bridgehead atoms. The summed E-state index contributed by atoms with van der Waals surface area (Å²) in [5.41, 5.74) is 4.39. The SMILES string of the molecule is C[C@@H](c1ccccc1)N(NC(=O)C(O)(c1ccccc1)c1ccccc1)C(=O)Nc1csc2c1CCCC2. The fourth-order valence-electron chi connectivity index (χ4n) is 4.96. The van der Waals surface area contributed by atoms with Crippen LogP contribution in [-0.4, -0.2) is 22.1 Å². The van der Waals surface area contributed by atoms with Crippen LogP contribution in [-0.2, 0) is 23.2 Å². The summed E-state index contributed by atoms with van der Waals surface area (Å²) in [6.45, 7) is 1.85. The van der Waals surface area contributed by atoms with E-state index in [0.717, 1.165) is 36.9 Å². The van der Waals surface area contributed by atoms with Gasteiger partial charge in [0.2, 0.25) is 0 Å². The van der Waals surface area contributed by atoms with Gasteiger partial charge in [-0.2, -0.15) is 0 Å². The van der Waals surface area contributed by atoms with E-state index < -0.39 is 23.6 Å². The van der Waals surface area contributed by atoms with Crippen molar-refractivity contribution in [1.82, 2.24) is 10.4 Å². The van der Waals surface area contributed by atoms with Gasteiger partial charge in [-0.15, -0.1) is 11.3 Å². The Morgan fingerprint density at radius 2 is 1.42 bits per heavy atom. The second-order valence-corrected chi connectivity index (χ2v) is 10.5. The van der Waals surface area contributed by atoms with Gasteiger partial charge in [-0.3, -0.25) is 10.2 Å². The highest BCUT2D eigenvalue weighted by molar-refractivity contribution is 7.10. The zero-order valence-corrected chi connectivity index (χ0v) is 22.1. The standard InChI is InChI=1S/C31H31N3O3S/c1-22(23-13-5-2-6-14-23)34(30(36)32-27-21-38-28-20-12-11-19-26(27)28)33-29(35)31(37,24-15-7-3-8-16-24)25-17-9-4-10-18-25/h2-10,13-18,21-22,37H,11-12,19-20H2,1H3,(H,32,36)(H,33,35)/t22-/m0/s1. The zero-order chi connectivity index (χ0) is 26.5. The number of carbonyl (C=O) groups excluding carboxylic acids is 2. The van der Waals surface area contributed by atoms with Gasteiger partial charge < -0.3 is 10.4 Å². The second-order valence-electron chi connectivity index (χ2n) is 9.53. The van der Waals surface area contributed by atoms with Crippen LogP contribution in [0.2, 0.25) is 0 Å². The first-order chi connectivity index (χ1) is 18.5. The number of urea groups is 1. The van der Waals surface area contributed by atoms with Gasteiger partial charge in [-0.05, 0) is 54.9 Å².